The molecule has 0 bridgehead atoms. The Hall–Kier alpha value is -1.92. The molecule has 1 aromatic rings. The number of halogens is 6. The van der Waals surface area contributed by atoms with E-state index in [0.29, 0.717) is 10.8 Å². The summed E-state index contributed by atoms with van der Waals surface area (Å²) in [6.07, 6.45) is 3.13. The van der Waals surface area contributed by atoms with Crippen LogP contribution in [0, 0.1) is 6.92 Å². The lowest BCUT2D eigenvalue weighted by molar-refractivity contribution is -0.0501. The smallest absolute Gasteiger partial charge is 0.353 e. The largest absolute Gasteiger partial charge is 0.534 e. The average Bonchev–Trinajstić information content (AvgIpc) is 2.52. The van der Waals surface area contributed by atoms with Gasteiger partial charge >= 0.3 is 15.6 Å². The van der Waals surface area contributed by atoms with Crippen LogP contribution in [-0.2, 0) is 10.1 Å². The summed E-state index contributed by atoms with van der Waals surface area (Å²) in [5.74, 6) is -2.92. The van der Waals surface area contributed by atoms with Gasteiger partial charge in [0, 0.05) is 6.20 Å². The van der Waals surface area contributed by atoms with Gasteiger partial charge in [-0.15, -0.1) is 0 Å². The zero-order valence-corrected chi connectivity index (χ0v) is 15.2. The molecule has 26 heavy (non-hydrogen) atoms. The van der Waals surface area contributed by atoms with Crippen LogP contribution >= 0.6 is 23.2 Å². The molecule has 0 saturated carbocycles. The molecule has 0 amide bonds. The second kappa shape index (κ2) is 8.18. The van der Waals surface area contributed by atoms with Crippen molar-refractivity contribution >= 4 is 44.7 Å². The van der Waals surface area contributed by atoms with E-state index in [9.17, 15) is 30.8 Å². The van der Waals surface area contributed by atoms with Gasteiger partial charge in [-0.25, -0.2) is 9.38 Å². The van der Waals surface area contributed by atoms with Crippen LogP contribution in [0.5, 0.6) is 5.88 Å². The third-order valence-electron chi connectivity index (χ3n) is 2.45. The average molecular weight is 438 g/mol. The number of alkyl halides is 3. The Morgan fingerprint density at radius 2 is 1.96 bits per heavy atom. The van der Waals surface area contributed by atoms with E-state index in [0.717, 1.165) is 13.1 Å². The highest BCUT2D eigenvalue weighted by molar-refractivity contribution is 7.88. The van der Waals surface area contributed by atoms with E-state index in [-0.39, 0.29) is 0 Å². The molecule has 144 valence electrons. The highest BCUT2D eigenvalue weighted by Crippen LogP contribution is 2.28. The molecule has 1 heterocycles. The molecule has 0 spiro atoms. The number of nitrogens with zero attached hydrogens (tertiary/aromatic N) is 3. The lowest BCUT2D eigenvalue weighted by atomic mass is 10.5. The molecule has 7 nitrogen and oxygen atoms in total. The lowest BCUT2D eigenvalue weighted by Gasteiger charge is -2.11. The van der Waals surface area contributed by atoms with Gasteiger partial charge in [0.25, 0.3) is 11.4 Å². The lowest BCUT2D eigenvalue weighted by Crippen LogP contribution is -2.30. The Kier molecular flexibility index (Phi) is 6.96. The zero-order chi connectivity index (χ0) is 20.3. The maximum Gasteiger partial charge on any atom is 0.534 e. The summed E-state index contributed by atoms with van der Waals surface area (Å²) in [6, 6.07) is 0. The Morgan fingerprint density at radius 3 is 2.46 bits per heavy atom. The van der Waals surface area contributed by atoms with Crippen LogP contribution in [0.3, 0.4) is 0 Å². The molecule has 0 atom stereocenters. The van der Waals surface area contributed by atoms with E-state index in [1.165, 1.54) is 6.08 Å². The van der Waals surface area contributed by atoms with Crippen molar-refractivity contribution < 1.29 is 30.2 Å². The van der Waals surface area contributed by atoms with Crippen LogP contribution in [0.25, 0.3) is 6.20 Å². The molecule has 1 aromatic heterocycles. The van der Waals surface area contributed by atoms with Crippen LogP contribution in [0.15, 0.2) is 27.9 Å². The summed E-state index contributed by atoms with van der Waals surface area (Å²) in [6.45, 7) is 2.65. The van der Waals surface area contributed by atoms with Crippen molar-refractivity contribution in [3.05, 3.63) is 39.3 Å². The Bertz CT molecular complexity index is 952. The van der Waals surface area contributed by atoms with E-state index >= 15 is 0 Å². The van der Waals surface area contributed by atoms with Gasteiger partial charge in [-0.2, -0.15) is 26.6 Å². The van der Waals surface area contributed by atoms with Gasteiger partial charge in [-0.1, -0.05) is 29.3 Å². The monoisotopic (exact) mass is 437 g/mol. The van der Waals surface area contributed by atoms with Crippen molar-refractivity contribution in [1.29, 1.82) is 0 Å². The van der Waals surface area contributed by atoms with E-state index in [1.807, 2.05) is 0 Å². The van der Waals surface area contributed by atoms with E-state index in [4.69, 9.17) is 23.2 Å². The fraction of sp³-hybridized carbons (Fsp3) is 0.250. The number of hydrogen-bond acceptors (Lipinski definition) is 6. The Labute approximate surface area is 154 Å². The molecule has 0 fully saturated rings. The topological polar surface area (TPSA) is 90.6 Å². The molecule has 0 unspecified atom stereocenters. The third-order valence-corrected chi connectivity index (χ3v) is 4.00. The first kappa shape index (κ1) is 22.1. The van der Waals surface area contributed by atoms with Crippen molar-refractivity contribution in [2.75, 3.05) is 0 Å². The molecular formula is C12H9Cl2F4N3O4S. The van der Waals surface area contributed by atoms with Gasteiger partial charge < -0.3 is 4.18 Å². The highest BCUT2D eigenvalue weighted by Gasteiger charge is 2.49. The predicted molar refractivity (Wildman–Crippen MR) is 87.3 cm³/mol. The van der Waals surface area contributed by atoms with Crippen molar-refractivity contribution in [2.24, 2.45) is 4.99 Å². The van der Waals surface area contributed by atoms with Gasteiger partial charge in [0.1, 0.15) is 5.82 Å². The van der Waals surface area contributed by atoms with E-state index < -0.39 is 48.9 Å². The minimum Gasteiger partial charge on any atom is -0.353 e. The van der Waals surface area contributed by atoms with Crippen molar-refractivity contribution in [3.63, 3.8) is 0 Å². The molecule has 0 N–H and O–H groups in total. The minimum atomic E-state index is -6.10. The summed E-state index contributed by atoms with van der Waals surface area (Å²) >= 11 is 11.0. The molecule has 0 aliphatic heterocycles. The predicted octanol–water partition coefficient (Wildman–Crippen LogP) is 3.37. The summed E-state index contributed by atoms with van der Waals surface area (Å²) in [5.41, 5.74) is -7.05. The quantitative estimate of drug-likeness (QED) is 0.304. The van der Waals surface area contributed by atoms with E-state index in [2.05, 4.69) is 14.2 Å². The van der Waals surface area contributed by atoms with Crippen LogP contribution in [0.2, 0.25) is 5.02 Å². The van der Waals surface area contributed by atoms with Crippen LogP contribution in [0.4, 0.5) is 17.6 Å². The maximum atomic E-state index is 13.9. The Balaban J connectivity index is 3.44. The SMILES string of the molecule is C/C=C/N=C(Cl)/C(F)=C/n1c(C)nc(OS(=O)(=O)C(F)(F)F)c(Cl)c1=O. The van der Waals surface area contributed by atoms with Crippen LogP contribution in [0.1, 0.15) is 12.7 Å². The summed E-state index contributed by atoms with van der Waals surface area (Å²) < 4.78 is 77.1. The molecule has 0 aliphatic carbocycles. The molecule has 0 aliphatic rings. The van der Waals surface area contributed by atoms with Crippen molar-refractivity contribution in [3.8, 4) is 5.88 Å². The first-order valence-corrected chi connectivity index (χ1v) is 8.49. The second-order valence-corrected chi connectivity index (χ2v) is 6.59. The van der Waals surface area contributed by atoms with Crippen molar-refractivity contribution in [2.45, 2.75) is 19.4 Å². The van der Waals surface area contributed by atoms with Crippen molar-refractivity contribution in [1.82, 2.24) is 9.55 Å². The minimum absolute atomic E-state index is 0.433. The first-order valence-electron chi connectivity index (χ1n) is 6.33. The molecule has 0 aromatic carbocycles. The zero-order valence-electron chi connectivity index (χ0n) is 12.9. The van der Waals surface area contributed by atoms with Crippen LogP contribution < -0.4 is 9.74 Å². The maximum absolute atomic E-state index is 13.9. The number of aliphatic imine (C=N–C) groups is 1. The summed E-state index contributed by atoms with van der Waals surface area (Å²) in [5, 5.41) is -1.75. The standard InChI is InChI=1S/C12H9Cl2F4N3O4S/c1-3-4-19-9(14)7(15)5-21-6(2)20-10(8(13)11(21)22)25-26(23,24)12(16,17)18/h3-5H,1-2H3/b4-3+,7-5-,19-9-. The number of rotatable bonds is 5. The van der Waals surface area contributed by atoms with E-state index in [1.54, 1.807) is 6.92 Å². The van der Waals surface area contributed by atoms with Crippen LogP contribution in [-0.4, -0.2) is 28.6 Å². The van der Waals surface area contributed by atoms with Gasteiger partial charge in [0.15, 0.2) is 16.0 Å². The van der Waals surface area contributed by atoms with Gasteiger partial charge in [-0.05, 0) is 13.8 Å². The van der Waals surface area contributed by atoms with Gasteiger partial charge in [-0.3, -0.25) is 9.36 Å². The normalized spacial score (nSPS) is 14.2. The highest BCUT2D eigenvalue weighted by atomic mass is 35.5. The fourth-order valence-electron chi connectivity index (χ4n) is 1.32. The summed E-state index contributed by atoms with van der Waals surface area (Å²) in [7, 11) is -6.10. The molecule has 0 saturated heterocycles. The number of aryl methyl sites for hydroxylation is 1. The fourth-order valence-corrected chi connectivity index (χ4v) is 2.07. The molecule has 14 heteroatoms. The second-order valence-electron chi connectivity index (χ2n) is 4.32. The number of allylic oxidation sites excluding steroid dienone is 2. The molecule has 0 radical (unpaired) electrons. The van der Waals surface area contributed by atoms with Gasteiger partial charge in [0.05, 0.1) is 6.20 Å². The Morgan fingerprint density at radius 1 is 1.38 bits per heavy atom. The first-order chi connectivity index (χ1) is 11.8. The third kappa shape index (κ3) is 5.05. The summed E-state index contributed by atoms with van der Waals surface area (Å²) in [4.78, 5) is 18.8. The number of hydrogen-bond donors (Lipinski definition) is 0. The number of aromatic nitrogens is 2. The van der Waals surface area contributed by atoms with Gasteiger partial charge in [0.2, 0.25) is 0 Å². The molecular weight excluding hydrogens is 429 g/mol. The molecule has 1 rings (SSSR count).